The SMILES string of the molecule is C#CONC(C)C1C(C=O)CC(C(C)=O)N1C. The van der Waals surface area contributed by atoms with Gasteiger partial charge in [-0.3, -0.25) is 9.69 Å². The third kappa shape index (κ3) is 2.84. The Morgan fingerprint density at radius 3 is 2.82 bits per heavy atom. The Bertz CT molecular complexity index is 337. The fourth-order valence-electron chi connectivity index (χ4n) is 2.58. The summed E-state index contributed by atoms with van der Waals surface area (Å²) in [6.07, 6.45) is 8.46. The minimum absolute atomic E-state index is 0.0759. The third-order valence-corrected chi connectivity index (χ3v) is 3.36. The minimum Gasteiger partial charge on any atom is -0.356 e. The number of carbonyl (C=O) groups is 2. The molecule has 5 nitrogen and oxygen atoms in total. The zero-order chi connectivity index (χ0) is 13.0. The number of hydrogen-bond acceptors (Lipinski definition) is 5. The number of ketones is 1. The van der Waals surface area contributed by atoms with E-state index in [0.29, 0.717) is 6.42 Å². The molecule has 4 unspecified atom stereocenters. The van der Waals surface area contributed by atoms with Crippen molar-refractivity contribution in [3.63, 3.8) is 0 Å². The van der Waals surface area contributed by atoms with Crippen LogP contribution in [0.25, 0.3) is 0 Å². The lowest BCUT2D eigenvalue weighted by Crippen LogP contribution is -2.49. The number of likely N-dealkylation sites (tertiary alicyclic amines) is 1. The molecule has 0 aromatic rings. The van der Waals surface area contributed by atoms with Crippen LogP contribution in [0.15, 0.2) is 0 Å². The number of hydrogen-bond donors (Lipinski definition) is 1. The van der Waals surface area contributed by atoms with E-state index < -0.39 is 0 Å². The molecule has 1 heterocycles. The lowest BCUT2D eigenvalue weighted by atomic mass is 9.95. The van der Waals surface area contributed by atoms with E-state index in [1.54, 1.807) is 6.92 Å². The van der Waals surface area contributed by atoms with Crippen LogP contribution in [-0.4, -0.2) is 42.1 Å². The zero-order valence-electron chi connectivity index (χ0n) is 10.3. The summed E-state index contributed by atoms with van der Waals surface area (Å²) in [5, 5.41) is 0. The molecule has 1 saturated heterocycles. The van der Waals surface area contributed by atoms with E-state index in [4.69, 9.17) is 11.3 Å². The molecule has 94 valence electrons. The molecule has 0 bridgehead atoms. The van der Waals surface area contributed by atoms with Gasteiger partial charge in [0.05, 0.1) is 12.1 Å². The molecule has 0 saturated carbocycles. The number of rotatable bonds is 5. The van der Waals surface area contributed by atoms with Crippen LogP contribution in [0.1, 0.15) is 20.3 Å². The van der Waals surface area contributed by atoms with Crippen LogP contribution in [0.2, 0.25) is 0 Å². The molecule has 1 N–H and O–H groups in total. The van der Waals surface area contributed by atoms with Crippen LogP contribution >= 0.6 is 0 Å². The van der Waals surface area contributed by atoms with Gasteiger partial charge in [0.15, 0.2) is 0 Å². The molecule has 0 aromatic carbocycles. The first-order valence-corrected chi connectivity index (χ1v) is 5.57. The predicted octanol–water partition coefficient (Wildman–Crippen LogP) is -0.0364. The van der Waals surface area contributed by atoms with Gasteiger partial charge in [-0.1, -0.05) is 6.42 Å². The second-order valence-electron chi connectivity index (χ2n) is 4.44. The van der Waals surface area contributed by atoms with Gasteiger partial charge in [0.25, 0.3) is 0 Å². The largest absolute Gasteiger partial charge is 0.356 e. The molecule has 0 aromatic heterocycles. The van der Waals surface area contributed by atoms with Crippen LogP contribution in [0.5, 0.6) is 0 Å². The Morgan fingerprint density at radius 1 is 1.71 bits per heavy atom. The van der Waals surface area contributed by atoms with E-state index in [1.807, 2.05) is 25.0 Å². The number of hydroxylamine groups is 1. The molecule has 1 aliphatic heterocycles. The second kappa shape index (κ2) is 5.80. The van der Waals surface area contributed by atoms with Gasteiger partial charge in [0.2, 0.25) is 0 Å². The first kappa shape index (κ1) is 13.7. The predicted molar refractivity (Wildman–Crippen MR) is 62.7 cm³/mol. The molecule has 5 heteroatoms. The number of aldehydes is 1. The van der Waals surface area contributed by atoms with Gasteiger partial charge in [-0.15, -0.1) is 5.48 Å². The normalized spacial score (nSPS) is 30.6. The van der Waals surface area contributed by atoms with Gasteiger partial charge in [-0.25, -0.2) is 0 Å². The monoisotopic (exact) mass is 238 g/mol. The molecular formula is C12H18N2O3. The maximum absolute atomic E-state index is 11.5. The molecule has 4 atom stereocenters. The average molecular weight is 238 g/mol. The van der Waals surface area contributed by atoms with E-state index in [0.717, 1.165) is 6.29 Å². The Labute approximate surface area is 101 Å². The highest BCUT2D eigenvalue weighted by Gasteiger charge is 2.43. The molecule has 1 aliphatic rings. The zero-order valence-corrected chi connectivity index (χ0v) is 10.3. The van der Waals surface area contributed by atoms with Crippen molar-refractivity contribution in [2.24, 2.45) is 5.92 Å². The van der Waals surface area contributed by atoms with Crippen LogP contribution < -0.4 is 5.48 Å². The smallest absolute Gasteiger partial charge is 0.146 e. The molecule has 1 fully saturated rings. The summed E-state index contributed by atoms with van der Waals surface area (Å²) in [5.74, 6) is -0.107. The first-order valence-electron chi connectivity index (χ1n) is 5.57. The number of terminal acetylenes is 1. The molecule has 17 heavy (non-hydrogen) atoms. The highest BCUT2D eigenvalue weighted by molar-refractivity contribution is 5.82. The van der Waals surface area contributed by atoms with Crippen LogP contribution in [0.4, 0.5) is 0 Å². The van der Waals surface area contributed by atoms with Crippen molar-refractivity contribution in [1.29, 1.82) is 0 Å². The van der Waals surface area contributed by atoms with E-state index in [-0.39, 0.29) is 29.8 Å². The van der Waals surface area contributed by atoms with Crippen molar-refractivity contribution in [2.45, 2.75) is 38.4 Å². The highest BCUT2D eigenvalue weighted by atomic mass is 16.6. The van der Waals surface area contributed by atoms with Crippen molar-refractivity contribution in [3.05, 3.63) is 0 Å². The lowest BCUT2D eigenvalue weighted by Gasteiger charge is -2.29. The Hall–Kier alpha value is -1.38. The van der Waals surface area contributed by atoms with Gasteiger partial charge in [0, 0.05) is 12.0 Å². The Morgan fingerprint density at radius 2 is 2.35 bits per heavy atom. The maximum atomic E-state index is 11.5. The number of nitrogens with zero attached hydrogens (tertiary/aromatic N) is 1. The van der Waals surface area contributed by atoms with Crippen molar-refractivity contribution >= 4 is 12.1 Å². The summed E-state index contributed by atoms with van der Waals surface area (Å²) in [4.78, 5) is 29.1. The van der Waals surface area contributed by atoms with Gasteiger partial charge in [-0.2, -0.15) is 0 Å². The van der Waals surface area contributed by atoms with E-state index in [1.165, 1.54) is 0 Å². The van der Waals surface area contributed by atoms with E-state index in [9.17, 15) is 9.59 Å². The minimum atomic E-state index is -0.203. The number of nitrogens with one attached hydrogen (secondary N) is 1. The summed E-state index contributed by atoms with van der Waals surface area (Å²) in [6.45, 7) is 3.42. The van der Waals surface area contributed by atoms with Gasteiger partial charge >= 0.3 is 0 Å². The molecule has 0 aliphatic carbocycles. The van der Waals surface area contributed by atoms with Crippen molar-refractivity contribution < 1.29 is 14.4 Å². The van der Waals surface area contributed by atoms with Gasteiger partial charge in [0.1, 0.15) is 18.2 Å². The van der Waals surface area contributed by atoms with Crippen LogP contribution in [-0.2, 0) is 14.4 Å². The average Bonchev–Trinajstić information content (AvgIpc) is 2.63. The first-order chi connectivity index (χ1) is 8.02. The van der Waals surface area contributed by atoms with Gasteiger partial charge < -0.3 is 9.63 Å². The molecule has 1 rings (SSSR count). The molecule has 0 radical (unpaired) electrons. The quantitative estimate of drug-likeness (QED) is 0.414. The second-order valence-corrected chi connectivity index (χ2v) is 4.44. The van der Waals surface area contributed by atoms with E-state index >= 15 is 0 Å². The summed E-state index contributed by atoms with van der Waals surface area (Å²) in [5.41, 5.74) is 2.68. The standard InChI is InChI=1S/C12H18N2O3/c1-5-17-13-8(2)12-10(7-15)6-11(9(3)16)14(12)4/h1,7-8,10-13H,6H2,2-4H3. The molecule has 0 amide bonds. The number of Topliss-reactive ketones (excluding diaryl/α,β-unsaturated/α-hetero) is 1. The fourth-order valence-corrected chi connectivity index (χ4v) is 2.58. The Balaban J connectivity index is 2.78. The van der Waals surface area contributed by atoms with Crippen molar-refractivity contribution in [3.8, 4) is 12.5 Å². The number of likely N-dealkylation sites (N-methyl/N-ethyl adjacent to an activating group) is 1. The number of carbonyl (C=O) groups excluding carboxylic acids is 2. The summed E-state index contributed by atoms with van der Waals surface area (Å²) < 4.78 is 0. The fraction of sp³-hybridized carbons (Fsp3) is 0.667. The highest BCUT2D eigenvalue weighted by Crippen LogP contribution is 2.29. The van der Waals surface area contributed by atoms with Crippen molar-refractivity contribution in [2.75, 3.05) is 7.05 Å². The van der Waals surface area contributed by atoms with Crippen molar-refractivity contribution in [1.82, 2.24) is 10.4 Å². The summed E-state index contributed by atoms with van der Waals surface area (Å²) in [7, 11) is 1.84. The topological polar surface area (TPSA) is 58.6 Å². The van der Waals surface area contributed by atoms with Crippen LogP contribution in [0.3, 0.4) is 0 Å². The molecule has 0 spiro atoms. The molecular weight excluding hydrogens is 220 g/mol. The van der Waals surface area contributed by atoms with Gasteiger partial charge in [-0.05, 0) is 27.3 Å². The van der Waals surface area contributed by atoms with Crippen LogP contribution in [0, 0.1) is 18.4 Å². The summed E-state index contributed by atoms with van der Waals surface area (Å²) in [6, 6.07) is -0.421. The third-order valence-electron chi connectivity index (χ3n) is 3.36. The maximum Gasteiger partial charge on any atom is 0.146 e. The lowest BCUT2D eigenvalue weighted by molar-refractivity contribution is -0.121. The van der Waals surface area contributed by atoms with E-state index in [2.05, 4.69) is 5.48 Å². The Kier molecular flexibility index (Phi) is 4.67. The summed E-state index contributed by atoms with van der Waals surface area (Å²) >= 11 is 0.